The lowest BCUT2D eigenvalue weighted by Crippen LogP contribution is -2.28. The second-order valence-electron chi connectivity index (χ2n) is 6.77. The fourth-order valence-corrected chi connectivity index (χ4v) is 3.83. The van der Waals surface area contributed by atoms with Crippen molar-refractivity contribution >= 4 is 35.1 Å². The molecule has 7 heteroatoms. The number of amidine groups is 1. The van der Waals surface area contributed by atoms with Crippen molar-refractivity contribution in [2.75, 3.05) is 7.11 Å². The van der Waals surface area contributed by atoms with E-state index in [1.165, 1.54) is 11.8 Å². The predicted octanol–water partition coefficient (Wildman–Crippen LogP) is 5.35. The smallest absolute Gasteiger partial charge is 0.267 e. The average molecular weight is 444 g/mol. The first-order valence-electron chi connectivity index (χ1n) is 9.93. The van der Waals surface area contributed by atoms with Gasteiger partial charge in [-0.05, 0) is 65.4 Å². The second kappa shape index (κ2) is 10.5. The minimum Gasteiger partial charge on any atom is -0.497 e. The first-order valence-corrected chi connectivity index (χ1v) is 10.7. The van der Waals surface area contributed by atoms with Crippen LogP contribution in [0.3, 0.4) is 0 Å². The molecule has 3 aromatic rings. The van der Waals surface area contributed by atoms with Crippen LogP contribution in [0, 0.1) is 0 Å². The number of nitrogens with zero attached hydrogens (tertiary/aromatic N) is 3. The SMILES string of the molecule is COc1ccc(/C=N\N=C2\S/C(=C\C=C\c3ccccc3)C(=O)N2Cc2ccco2)cc1. The molecule has 0 radical (unpaired) electrons. The summed E-state index contributed by atoms with van der Waals surface area (Å²) in [6.45, 7) is 0.287. The summed E-state index contributed by atoms with van der Waals surface area (Å²) in [7, 11) is 1.62. The van der Waals surface area contributed by atoms with Crippen LogP contribution >= 0.6 is 11.8 Å². The summed E-state index contributed by atoms with van der Waals surface area (Å²) in [4.78, 5) is 15.1. The fraction of sp³-hybridized carbons (Fsp3) is 0.0800. The van der Waals surface area contributed by atoms with Crippen molar-refractivity contribution in [3.8, 4) is 5.75 Å². The van der Waals surface area contributed by atoms with Crippen LogP contribution in [0.4, 0.5) is 0 Å². The van der Waals surface area contributed by atoms with E-state index >= 15 is 0 Å². The molecule has 1 aliphatic heterocycles. The van der Waals surface area contributed by atoms with Crippen LogP contribution < -0.4 is 4.74 Å². The van der Waals surface area contributed by atoms with Gasteiger partial charge in [0, 0.05) is 0 Å². The summed E-state index contributed by atoms with van der Waals surface area (Å²) in [5, 5.41) is 8.99. The average Bonchev–Trinajstić information content (AvgIpc) is 3.44. The summed E-state index contributed by atoms with van der Waals surface area (Å²) >= 11 is 1.29. The minimum absolute atomic E-state index is 0.137. The monoisotopic (exact) mass is 443 g/mol. The van der Waals surface area contributed by atoms with Crippen molar-refractivity contribution in [2.24, 2.45) is 10.2 Å². The number of furan rings is 1. The Hall–Kier alpha value is -3.84. The van der Waals surface area contributed by atoms with Gasteiger partial charge in [0.05, 0.1) is 31.0 Å². The van der Waals surface area contributed by atoms with Gasteiger partial charge in [0.2, 0.25) is 0 Å². The van der Waals surface area contributed by atoms with Gasteiger partial charge in [-0.2, -0.15) is 5.10 Å². The van der Waals surface area contributed by atoms with E-state index in [0.717, 1.165) is 16.9 Å². The van der Waals surface area contributed by atoms with Crippen LogP contribution in [-0.2, 0) is 11.3 Å². The van der Waals surface area contributed by atoms with Gasteiger partial charge in [0.1, 0.15) is 11.5 Å². The molecule has 0 bridgehead atoms. The molecule has 2 aromatic carbocycles. The van der Waals surface area contributed by atoms with Crippen LogP contribution in [0.1, 0.15) is 16.9 Å². The molecule has 1 amide bonds. The summed E-state index contributed by atoms with van der Waals surface area (Å²) in [6, 6.07) is 21.0. The van der Waals surface area contributed by atoms with Crippen LogP contribution in [0.25, 0.3) is 6.08 Å². The maximum absolute atomic E-state index is 13.0. The highest BCUT2D eigenvalue weighted by Gasteiger charge is 2.33. The van der Waals surface area contributed by atoms with Crippen molar-refractivity contribution in [3.63, 3.8) is 0 Å². The Labute approximate surface area is 190 Å². The van der Waals surface area contributed by atoms with E-state index in [-0.39, 0.29) is 12.5 Å². The molecule has 0 aliphatic carbocycles. The van der Waals surface area contributed by atoms with Gasteiger partial charge >= 0.3 is 0 Å². The van der Waals surface area contributed by atoms with Crippen molar-refractivity contribution in [1.29, 1.82) is 0 Å². The summed E-state index contributed by atoms with van der Waals surface area (Å²) in [6.07, 6.45) is 8.84. The second-order valence-corrected chi connectivity index (χ2v) is 7.78. The molecule has 0 unspecified atom stereocenters. The van der Waals surface area contributed by atoms with Crippen molar-refractivity contribution in [1.82, 2.24) is 4.90 Å². The zero-order valence-corrected chi connectivity index (χ0v) is 18.2. The molecule has 4 rings (SSSR count). The van der Waals surface area contributed by atoms with E-state index in [4.69, 9.17) is 9.15 Å². The number of hydrogen-bond acceptors (Lipinski definition) is 6. The maximum Gasteiger partial charge on any atom is 0.267 e. The number of amides is 1. The molecule has 0 atom stereocenters. The predicted molar refractivity (Wildman–Crippen MR) is 128 cm³/mol. The van der Waals surface area contributed by atoms with Crippen LogP contribution in [0.15, 0.2) is 105 Å². The molecule has 2 heterocycles. The fourth-order valence-electron chi connectivity index (χ4n) is 2.94. The standard InChI is InChI=1S/C25H21N3O3S/c1-30-21-14-12-20(13-15-21)17-26-27-25-28(18-22-10-6-16-31-22)24(29)23(32-25)11-5-9-19-7-3-2-4-8-19/h2-17H,18H2,1H3/b9-5+,23-11-,26-17-,27-25+. The molecule has 1 fully saturated rings. The van der Waals surface area contributed by atoms with Gasteiger partial charge in [-0.3, -0.25) is 9.69 Å². The third-order valence-electron chi connectivity index (χ3n) is 4.58. The molecule has 0 spiro atoms. The topological polar surface area (TPSA) is 67.4 Å². The number of carbonyl (C=O) groups is 1. The zero-order chi connectivity index (χ0) is 22.2. The Kier molecular flexibility index (Phi) is 6.99. The van der Waals surface area contributed by atoms with Crippen LogP contribution in [0.5, 0.6) is 5.75 Å². The van der Waals surface area contributed by atoms with Gasteiger partial charge in [-0.25, -0.2) is 0 Å². The van der Waals surface area contributed by atoms with E-state index in [1.807, 2.05) is 72.8 Å². The van der Waals surface area contributed by atoms with E-state index in [1.54, 1.807) is 36.6 Å². The zero-order valence-electron chi connectivity index (χ0n) is 17.4. The molecule has 1 aliphatic rings. The van der Waals surface area contributed by atoms with E-state index in [9.17, 15) is 4.79 Å². The third-order valence-corrected chi connectivity index (χ3v) is 5.60. The van der Waals surface area contributed by atoms with Crippen LogP contribution in [-0.4, -0.2) is 29.3 Å². The number of rotatable bonds is 7. The highest BCUT2D eigenvalue weighted by atomic mass is 32.2. The Bertz CT molecular complexity index is 1160. The third kappa shape index (κ3) is 5.44. The van der Waals surface area contributed by atoms with E-state index in [2.05, 4.69) is 10.2 Å². The van der Waals surface area contributed by atoms with Crippen molar-refractivity contribution in [2.45, 2.75) is 6.54 Å². The molecular formula is C25H21N3O3S. The van der Waals surface area contributed by atoms with Gasteiger partial charge in [-0.15, -0.1) is 5.10 Å². The highest BCUT2D eigenvalue weighted by molar-refractivity contribution is 8.18. The van der Waals surface area contributed by atoms with Gasteiger partial charge in [-0.1, -0.05) is 42.5 Å². The van der Waals surface area contributed by atoms with E-state index in [0.29, 0.717) is 15.8 Å². The first-order chi connectivity index (χ1) is 15.7. The lowest BCUT2D eigenvalue weighted by molar-refractivity contribution is -0.122. The van der Waals surface area contributed by atoms with Crippen molar-refractivity contribution < 1.29 is 13.9 Å². The number of methoxy groups -OCH3 is 1. The number of allylic oxidation sites excluding steroid dienone is 2. The molecule has 0 saturated carbocycles. The van der Waals surface area contributed by atoms with Gasteiger partial charge < -0.3 is 9.15 Å². The Morgan fingerprint density at radius 1 is 1.03 bits per heavy atom. The number of carbonyl (C=O) groups excluding carboxylic acids is 1. The molecule has 160 valence electrons. The molecule has 1 saturated heterocycles. The molecule has 32 heavy (non-hydrogen) atoms. The molecular weight excluding hydrogens is 422 g/mol. The molecule has 6 nitrogen and oxygen atoms in total. The number of ether oxygens (including phenoxy) is 1. The van der Waals surface area contributed by atoms with Crippen molar-refractivity contribution in [3.05, 3.63) is 107 Å². The largest absolute Gasteiger partial charge is 0.497 e. The highest BCUT2D eigenvalue weighted by Crippen LogP contribution is 2.32. The minimum atomic E-state index is -0.137. The number of hydrogen-bond donors (Lipinski definition) is 0. The maximum atomic E-state index is 13.0. The van der Waals surface area contributed by atoms with Crippen LogP contribution in [0.2, 0.25) is 0 Å². The number of thioether (sulfide) groups is 1. The number of benzene rings is 2. The van der Waals surface area contributed by atoms with Gasteiger partial charge in [0.25, 0.3) is 5.91 Å². The summed E-state index contributed by atoms with van der Waals surface area (Å²) in [5.74, 6) is 1.31. The lowest BCUT2D eigenvalue weighted by Gasteiger charge is -2.12. The quantitative estimate of drug-likeness (QED) is 0.280. The molecule has 1 aromatic heterocycles. The summed E-state index contributed by atoms with van der Waals surface area (Å²) in [5.41, 5.74) is 1.94. The van der Waals surface area contributed by atoms with Gasteiger partial charge in [0.15, 0.2) is 5.17 Å². The first kappa shape index (κ1) is 21.4. The Balaban J connectivity index is 1.54. The normalized spacial score (nSPS) is 16.8. The Morgan fingerprint density at radius 3 is 2.56 bits per heavy atom. The summed E-state index contributed by atoms with van der Waals surface area (Å²) < 4.78 is 10.6. The van der Waals surface area contributed by atoms with E-state index < -0.39 is 0 Å². The Morgan fingerprint density at radius 2 is 1.84 bits per heavy atom. The lowest BCUT2D eigenvalue weighted by atomic mass is 10.2. The molecule has 0 N–H and O–H groups in total.